The number of hydrogen-bond donors (Lipinski definition) is 0. The van der Waals surface area contributed by atoms with Crippen LogP contribution >= 0.6 is 0 Å². The predicted octanol–water partition coefficient (Wildman–Crippen LogP) is 3.09. The summed E-state index contributed by atoms with van der Waals surface area (Å²) in [4.78, 5) is 11.8. The number of esters is 1. The summed E-state index contributed by atoms with van der Waals surface area (Å²) in [6, 6.07) is 14.0. The lowest BCUT2D eigenvalue weighted by molar-refractivity contribution is -0.151. The van der Waals surface area contributed by atoms with E-state index >= 15 is 0 Å². The SMILES string of the molecule is C[C@@H](Oc1ccc(C#N)cc1)C(=O)OCCOc1ccc(F)cc1. The van der Waals surface area contributed by atoms with Gasteiger partial charge in [-0.05, 0) is 55.5 Å². The monoisotopic (exact) mass is 329 g/mol. The van der Waals surface area contributed by atoms with Crippen LogP contribution < -0.4 is 9.47 Å². The average Bonchev–Trinajstić information content (AvgIpc) is 2.60. The Morgan fingerprint density at radius 3 is 2.33 bits per heavy atom. The maximum atomic E-state index is 12.7. The van der Waals surface area contributed by atoms with E-state index in [0.717, 1.165) is 0 Å². The van der Waals surface area contributed by atoms with E-state index in [0.29, 0.717) is 17.1 Å². The summed E-state index contributed by atoms with van der Waals surface area (Å²) < 4.78 is 28.5. The van der Waals surface area contributed by atoms with E-state index in [1.54, 1.807) is 31.2 Å². The van der Waals surface area contributed by atoms with Gasteiger partial charge in [0, 0.05) is 0 Å². The van der Waals surface area contributed by atoms with Gasteiger partial charge in [-0.2, -0.15) is 5.26 Å². The van der Waals surface area contributed by atoms with Gasteiger partial charge < -0.3 is 14.2 Å². The van der Waals surface area contributed by atoms with Crippen molar-refractivity contribution in [2.45, 2.75) is 13.0 Å². The smallest absolute Gasteiger partial charge is 0.347 e. The molecule has 0 saturated heterocycles. The topological polar surface area (TPSA) is 68.5 Å². The molecule has 0 radical (unpaired) electrons. The second-order valence-electron chi connectivity index (χ2n) is 4.87. The van der Waals surface area contributed by atoms with Crippen LogP contribution in [0.2, 0.25) is 0 Å². The lowest BCUT2D eigenvalue weighted by Crippen LogP contribution is -2.27. The molecule has 0 spiro atoms. The van der Waals surface area contributed by atoms with Gasteiger partial charge in [0.15, 0.2) is 6.10 Å². The molecule has 0 aromatic heterocycles. The molecule has 2 rings (SSSR count). The molecule has 0 amide bonds. The maximum absolute atomic E-state index is 12.7. The van der Waals surface area contributed by atoms with Crippen molar-refractivity contribution in [3.8, 4) is 17.6 Å². The Kier molecular flexibility index (Phi) is 6.15. The van der Waals surface area contributed by atoms with Crippen LogP contribution in [0.3, 0.4) is 0 Å². The normalized spacial score (nSPS) is 11.2. The van der Waals surface area contributed by atoms with E-state index in [-0.39, 0.29) is 19.0 Å². The van der Waals surface area contributed by atoms with E-state index in [9.17, 15) is 9.18 Å². The van der Waals surface area contributed by atoms with Crippen molar-refractivity contribution in [3.05, 3.63) is 59.9 Å². The van der Waals surface area contributed by atoms with Gasteiger partial charge in [0.1, 0.15) is 30.5 Å². The average molecular weight is 329 g/mol. The first-order valence-corrected chi connectivity index (χ1v) is 7.30. The van der Waals surface area contributed by atoms with Crippen LogP contribution in [-0.2, 0) is 9.53 Å². The Balaban J connectivity index is 1.71. The Hall–Kier alpha value is -3.07. The van der Waals surface area contributed by atoms with Crippen molar-refractivity contribution >= 4 is 5.97 Å². The molecule has 2 aromatic rings. The molecule has 0 aliphatic carbocycles. The van der Waals surface area contributed by atoms with E-state index in [2.05, 4.69) is 0 Å². The number of carbonyl (C=O) groups is 1. The van der Waals surface area contributed by atoms with Gasteiger partial charge in [-0.3, -0.25) is 0 Å². The molecule has 0 bridgehead atoms. The Morgan fingerprint density at radius 2 is 1.71 bits per heavy atom. The third-order valence-corrected chi connectivity index (χ3v) is 3.04. The fraction of sp³-hybridized carbons (Fsp3) is 0.222. The van der Waals surface area contributed by atoms with Crippen molar-refractivity contribution in [2.75, 3.05) is 13.2 Å². The Morgan fingerprint density at radius 1 is 1.08 bits per heavy atom. The van der Waals surface area contributed by atoms with Gasteiger partial charge in [0.25, 0.3) is 0 Å². The fourth-order valence-corrected chi connectivity index (χ4v) is 1.81. The van der Waals surface area contributed by atoms with Crippen LogP contribution in [0.15, 0.2) is 48.5 Å². The van der Waals surface area contributed by atoms with Gasteiger partial charge >= 0.3 is 5.97 Å². The molecule has 0 aliphatic rings. The molecule has 0 aliphatic heterocycles. The van der Waals surface area contributed by atoms with Gasteiger partial charge in [0.05, 0.1) is 11.6 Å². The Labute approximate surface area is 139 Å². The first-order valence-electron chi connectivity index (χ1n) is 7.30. The lowest BCUT2D eigenvalue weighted by Gasteiger charge is -2.14. The highest BCUT2D eigenvalue weighted by Crippen LogP contribution is 2.14. The maximum Gasteiger partial charge on any atom is 0.347 e. The highest BCUT2D eigenvalue weighted by atomic mass is 19.1. The highest BCUT2D eigenvalue weighted by Gasteiger charge is 2.16. The van der Waals surface area contributed by atoms with E-state index < -0.39 is 12.1 Å². The van der Waals surface area contributed by atoms with Crippen molar-refractivity contribution < 1.29 is 23.4 Å². The second kappa shape index (κ2) is 8.53. The number of carbonyl (C=O) groups excluding carboxylic acids is 1. The molecule has 0 saturated carbocycles. The first kappa shape index (κ1) is 17.3. The molecule has 6 heteroatoms. The third kappa shape index (κ3) is 5.29. The first-order chi connectivity index (χ1) is 11.6. The van der Waals surface area contributed by atoms with Crippen LogP contribution in [0.1, 0.15) is 12.5 Å². The number of rotatable bonds is 7. The molecule has 0 unspecified atom stereocenters. The summed E-state index contributed by atoms with van der Waals surface area (Å²) in [7, 11) is 0. The predicted molar refractivity (Wildman–Crippen MR) is 84.1 cm³/mol. The largest absolute Gasteiger partial charge is 0.490 e. The van der Waals surface area contributed by atoms with E-state index in [1.807, 2.05) is 6.07 Å². The second-order valence-corrected chi connectivity index (χ2v) is 4.87. The molecular formula is C18H16FNO4. The van der Waals surface area contributed by atoms with Gasteiger partial charge in [0.2, 0.25) is 0 Å². The minimum Gasteiger partial charge on any atom is -0.490 e. The minimum absolute atomic E-state index is 0.0529. The van der Waals surface area contributed by atoms with Crippen molar-refractivity contribution in [2.24, 2.45) is 0 Å². The van der Waals surface area contributed by atoms with Crippen molar-refractivity contribution in [3.63, 3.8) is 0 Å². The molecular weight excluding hydrogens is 313 g/mol. The molecule has 0 fully saturated rings. The summed E-state index contributed by atoms with van der Waals surface area (Å²) in [5.41, 5.74) is 0.510. The van der Waals surface area contributed by atoms with Crippen LogP contribution in [0.5, 0.6) is 11.5 Å². The standard InChI is InChI=1S/C18H16FNO4/c1-13(24-17-6-2-14(12-20)3-7-17)18(21)23-11-10-22-16-8-4-15(19)5-9-16/h2-9,13H,10-11H2,1H3/t13-/m1/s1. The van der Waals surface area contributed by atoms with Crippen LogP contribution in [0, 0.1) is 17.1 Å². The molecule has 5 nitrogen and oxygen atoms in total. The summed E-state index contributed by atoms with van der Waals surface area (Å²) in [5, 5.41) is 8.72. The van der Waals surface area contributed by atoms with E-state index in [1.165, 1.54) is 24.3 Å². The Bertz CT molecular complexity index is 707. The summed E-state index contributed by atoms with van der Waals surface area (Å²) in [5.74, 6) is 0.0972. The number of nitrogens with zero attached hydrogens (tertiary/aromatic N) is 1. The highest BCUT2D eigenvalue weighted by molar-refractivity contribution is 5.74. The summed E-state index contributed by atoms with van der Waals surface area (Å²) in [6.45, 7) is 1.78. The fourth-order valence-electron chi connectivity index (χ4n) is 1.81. The lowest BCUT2D eigenvalue weighted by atomic mass is 10.2. The van der Waals surface area contributed by atoms with Crippen LogP contribution in [0.4, 0.5) is 4.39 Å². The zero-order valence-corrected chi connectivity index (χ0v) is 13.1. The molecule has 1 atom stereocenters. The number of ether oxygens (including phenoxy) is 3. The zero-order chi connectivity index (χ0) is 17.4. The number of nitriles is 1. The minimum atomic E-state index is -0.788. The molecule has 0 heterocycles. The summed E-state index contributed by atoms with van der Waals surface area (Å²) in [6.07, 6.45) is -0.788. The van der Waals surface area contributed by atoms with Crippen molar-refractivity contribution in [1.82, 2.24) is 0 Å². The third-order valence-electron chi connectivity index (χ3n) is 3.04. The molecule has 2 aromatic carbocycles. The van der Waals surface area contributed by atoms with E-state index in [4.69, 9.17) is 19.5 Å². The molecule has 124 valence electrons. The zero-order valence-electron chi connectivity index (χ0n) is 13.1. The van der Waals surface area contributed by atoms with Gasteiger partial charge in [-0.15, -0.1) is 0 Å². The van der Waals surface area contributed by atoms with Crippen LogP contribution in [0.25, 0.3) is 0 Å². The summed E-state index contributed by atoms with van der Waals surface area (Å²) >= 11 is 0. The quantitative estimate of drug-likeness (QED) is 0.577. The van der Waals surface area contributed by atoms with Crippen LogP contribution in [-0.4, -0.2) is 25.3 Å². The van der Waals surface area contributed by atoms with Gasteiger partial charge in [-0.1, -0.05) is 0 Å². The number of benzene rings is 2. The van der Waals surface area contributed by atoms with Gasteiger partial charge in [-0.25, -0.2) is 9.18 Å². The van der Waals surface area contributed by atoms with Crippen molar-refractivity contribution in [1.29, 1.82) is 5.26 Å². The molecule has 24 heavy (non-hydrogen) atoms. The number of halogens is 1. The molecule has 0 N–H and O–H groups in total. The number of hydrogen-bond acceptors (Lipinski definition) is 5.